The van der Waals surface area contributed by atoms with Crippen LogP contribution in [-0.2, 0) is 0 Å². The number of nitrogens with one attached hydrogen (secondary N) is 1. The third-order valence-electron chi connectivity index (χ3n) is 2.68. The van der Waals surface area contributed by atoms with Crippen molar-refractivity contribution in [2.24, 2.45) is 5.92 Å². The van der Waals surface area contributed by atoms with Gasteiger partial charge in [-0.2, -0.15) is 0 Å². The summed E-state index contributed by atoms with van der Waals surface area (Å²) < 4.78 is 0.821. The minimum Gasteiger partial charge on any atom is -0.365 e. The minimum absolute atomic E-state index is 0.147. The number of halogens is 1. The van der Waals surface area contributed by atoms with Crippen molar-refractivity contribution < 1.29 is 0 Å². The topological polar surface area (TPSA) is 37.8 Å². The van der Waals surface area contributed by atoms with Crippen molar-refractivity contribution in [3.05, 3.63) is 17.0 Å². The molecule has 1 saturated carbocycles. The maximum absolute atomic E-state index is 4.18. The molecule has 0 unspecified atom stereocenters. The van der Waals surface area contributed by atoms with E-state index in [1.165, 1.54) is 12.8 Å². The third-order valence-corrected chi connectivity index (χ3v) is 3.12. The number of hydrogen-bond acceptors (Lipinski definition) is 3. The summed E-state index contributed by atoms with van der Waals surface area (Å²) in [4.78, 5) is 8.18. The van der Waals surface area contributed by atoms with Crippen molar-refractivity contribution in [1.82, 2.24) is 9.97 Å². The molecule has 0 saturated heterocycles. The van der Waals surface area contributed by atoms with E-state index in [1.54, 1.807) is 6.33 Å². The van der Waals surface area contributed by atoms with Crippen LogP contribution in [0.3, 0.4) is 0 Å². The van der Waals surface area contributed by atoms with Gasteiger partial charge in [0, 0.05) is 11.6 Å². The zero-order valence-electron chi connectivity index (χ0n) is 8.42. The van der Waals surface area contributed by atoms with E-state index in [-0.39, 0.29) is 5.54 Å². The fraction of sp³-hybridized carbons (Fsp3) is 0.600. The van der Waals surface area contributed by atoms with Crippen molar-refractivity contribution in [2.45, 2.75) is 32.2 Å². The standard InChI is InChI=1S/C10H14BrN3/c1-10(2,7-3-4-7)14-9-5-8(11)12-6-13-9/h5-7H,3-4H2,1-2H3,(H,12,13,14). The second-order valence-corrected chi connectivity index (χ2v) is 5.16. The van der Waals surface area contributed by atoms with Gasteiger partial charge < -0.3 is 5.32 Å². The van der Waals surface area contributed by atoms with Gasteiger partial charge in [-0.3, -0.25) is 0 Å². The van der Waals surface area contributed by atoms with E-state index < -0.39 is 0 Å². The van der Waals surface area contributed by atoms with E-state index in [4.69, 9.17) is 0 Å². The Bertz CT molecular complexity index is 334. The lowest BCUT2D eigenvalue weighted by molar-refractivity contribution is 0.492. The molecule has 1 aromatic rings. The average molecular weight is 256 g/mol. The molecule has 1 heterocycles. The Kier molecular flexibility index (Phi) is 2.47. The van der Waals surface area contributed by atoms with Crippen LogP contribution in [0.1, 0.15) is 26.7 Å². The van der Waals surface area contributed by atoms with Gasteiger partial charge in [-0.1, -0.05) is 0 Å². The zero-order valence-corrected chi connectivity index (χ0v) is 10.0. The first kappa shape index (κ1) is 9.90. The van der Waals surface area contributed by atoms with Crippen molar-refractivity contribution in [3.63, 3.8) is 0 Å². The Labute approximate surface area is 92.5 Å². The molecule has 14 heavy (non-hydrogen) atoms. The molecule has 0 aliphatic heterocycles. The molecule has 1 aliphatic rings. The normalized spacial score (nSPS) is 16.8. The molecule has 1 aliphatic carbocycles. The summed E-state index contributed by atoms with van der Waals surface area (Å²) in [5.41, 5.74) is 0.147. The molecule has 0 bridgehead atoms. The van der Waals surface area contributed by atoms with Crippen molar-refractivity contribution in [2.75, 3.05) is 5.32 Å². The summed E-state index contributed by atoms with van der Waals surface area (Å²) in [6.07, 6.45) is 4.22. The molecule has 0 amide bonds. The molecule has 1 fully saturated rings. The van der Waals surface area contributed by atoms with Gasteiger partial charge in [0.25, 0.3) is 0 Å². The molecule has 0 spiro atoms. The van der Waals surface area contributed by atoms with E-state index in [9.17, 15) is 0 Å². The van der Waals surface area contributed by atoms with Gasteiger partial charge in [0.05, 0.1) is 0 Å². The summed E-state index contributed by atoms with van der Waals surface area (Å²) in [5.74, 6) is 1.68. The van der Waals surface area contributed by atoms with E-state index in [0.717, 1.165) is 16.3 Å². The molecule has 0 atom stereocenters. The molecule has 3 nitrogen and oxygen atoms in total. The van der Waals surface area contributed by atoms with Crippen LogP contribution in [0.25, 0.3) is 0 Å². The van der Waals surface area contributed by atoms with Crippen LogP contribution in [-0.4, -0.2) is 15.5 Å². The Morgan fingerprint density at radius 2 is 2.14 bits per heavy atom. The van der Waals surface area contributed by atoms with Crippen molar-refractivity contribution >= 4 is 21.7 Å². The number of hydrogen-bond donors (Lipinski definition) is 1. The van der Waals surface area contributed by atoms with Crippen LogP contribution in [0, 0.1) is 5.92 Å². The number of anilines is 1. The van der Waals surface area contributed by atoms with Crippen LogP contribution < -0.4 is 5.32 Å². The predicted molar refractivity (Wildman–Crippen MR) is 60.2 cm³/mol. The quantitative estimate of drug-likeness (QED) is 0.845. The summed E-state index contributed by atoms with van der Waals surface area (Å²) in [6.45, 7) is 4.45. The van der Waals surface area contributed by atoms with E-state index in [2.05, 4.69) is 45.1 Å². The first-order chi connectivity index (χ1) is 6.58. The van der Waals surface area contributed by atoms with Crippen LogP contribution in [0.15, 0.2) is 17.0 Å². The van der Waals surface area contributed by atoms with Crippen LogP contribution in [0.2, 0.25) is 0 Å². The fourth-order valence-electron chi connectivity index (χ4n) is 1.64. The highest BCUT2D eigenvalue weighted by Crippen LogP contribution is 2.40. The molecular weight excluding hydrogens is 242 g/mol. The van der Waals surface area contributed by atoms with Crippen molar-refractivity contribution in [1.29, 1.82) is 0 Å². The first-order valence-electron chi connectivity index (χ1n) is 4.84. The SMILES string of the molecule is CC(C)(Nc1cc(Br)ncn1)C1CC1. The highest BCUT2D eigenvalue weighted by atomic mass is 79.9. The maximum atomic E-state index is 4.18. The summed E-state index contributed by atoms with van der Waals surface area (Å²) in [6, 6.07) is 1.91. The third kappa shape index (κ3) is 2.23. The largest absolute Gasteiger partial charge is 0.365 e. The van der Waals surface area contributed by atoms with Gasteiger partial charge in [0.2, 0.25) is 0 Å². The van der Waals surface area contributed by atoms with E-state index >= 15 is 0 Å². The van der Waals surface area contributed by atoms with Crippen LogP contribution in [0.5, 0.6) is 0 Å². The molecule has 2 rings (SSSR count). The van der Waals surface area contributed by atoms with Gasteiger partial charge in [-0.05, 0) is 48.5 Å². The minimum atomic E-state index is 0.147. The van der Waals surface area contributed by atoms with Gasteiger partial charge in [-0.25, -0.2) is 9.97 Å². The monoisotopic (exact) mass is 255 g/mol. The van der Waals surface area contributed by atoms with Crippen LogP contribution >= 0.6 is 15.9 Å². The average Bonchev–Trinajstić information content (AvgIpc) is 2.84. The second kappa shape index (κ2) is 3.50. The van der Waals surface area contributed by atoms with Gasteiger partial charge >= 0.3 is 0 Å². The van der Waals surface area contributed by atoms with Gasteiger partial charge in [0.15, 0.2) is 0 Å². The first-order valence-corrected chi connectivity index (χ1v) is 5.63. The molecule has 0 radical (unpaired) electrons. The van der Waals surface area contributed by atoms with Gasteiger partial charge in [-0.15, -0.1) is 0 Å². The Hall–Kier alpha value is -0.640. The Morgan fingerprint density at radius 3 is 2.71 bits per heavy atom. The fourth-order valence-corrected chi connectivity index (χ4v) is 1.95. The Balaban J connectivity index is 2.09. The van der Waals surface area contributed by atoms with Crippen LogP contribution in [0.4, 0.5) is 5.82 Å². The van der Waals surface area contributed by atoms with E-state index in [0.29, 0.717) is 0 Å². The lowest BCUT2D eigenvalue weighted by Crippen LogP contribution is -2.33. The molecule has 76 valence electrons. The van der Waals surface area contributed by atoms with Gasteiger partial charge in [0.1, 0.15) is 16.7 Å². The molecule has 1 N–H and O–H groups in total. The summed E-state index contributed by atoms with van der Waals surface area (Å²) in [7, 11) is 0. The lowest BCUT2D eigenvalue weighted by atomic mass is 9.99. The smallest absolute Gasteiger partial charge is 0.130 e. The molecule has 0 aromatic carbocycles. The van der Waals surface area contributed by atoms with E-state index in [1.807, 2.05) is 6.07 Å². The molecular formula is C10H14BrN3. The number of aromatic nitrogens is 2. The summed E-state index contributed by atoms with van der Waals surface area (Å²) in [5, 5.41) is 3.44. The highest BCUT2D eigenvalue weighted by molar-refractivity contribution is 9.10. The van der Waals surface area contributed by atoms with Crippen molar-refractivity contribution in [3.8, 4) is 0 Å². The number of rotatable bonds is 3. The zero-order chi connectivity index (χ0) is 10.2. The maximum Gasteiger partial charge on any atom is 0.130 e. The summed E-state index contributed by atoms with van der Waals surface area (Å²) >= 11 is 3.33. The number of nitrogens with zero attached hydrogens (tertiary/aromatic N) is 2. The highest BCUT2D eigenvalue weighted by Gasteiger charge is 2.37. The second-order valence-electron chi connectivity index (χ2n) is 4.35. The molecule has 1 aromatic heterocycles. The predicted octanol–water partition coefficient (Wildman–Crippen LogP) is 2.84. The Morgan fingerprint density at radius 1 is 1.43 bits per heavy atom. The molecule has 4 heteroatoms. The lowest BCUT2D eigenvalue weighted by Gasteiger charge is -2.26.